The molecule has 19 heavy (non-hydrogen) atoms. The van der Waals surface area contributed by atoms with Gasteiger partial charge in [0, 0.05) is 0 Å². The van der Waals surface area contributed by atoms with E-state index in [-0.39, 0.29) is 5.41 Å². The molecule has 0 atom stereocenters. The van der Waals surface area contributed by atoms with Crippen LogP contribution in [0.3, 0.4) is 0 Å². The van der Waals surface area contributed by atoms with Crippen LogP contribution in [-0.4, -0.2) is 25.0 Å². The molecule has 1 aromatic rings. The van der Waals surface area contributed by atoms with Crippen molar-refractivity contribution in [2.75, 3.05) is 20.1 Å². The fourth-order valence-corrected chi connectivity index (χ4v) is 3.41. The SMILES string of the molecule is CN1CCC(c2ccc(C3(C#N)CCC3)cc2)CC1. The number of benzene rings is 1. The van der Waals surface area contributed by atoms with Gasteiger partial charge in [-0.2, -0.15) is 5.26 Å². The summed E-state index contributed by atoms with van der Waals surface area (Å²) in [5.41, 5.74) is 2.54. The Morgan fingerprint density at radius 3 is 2.26 bits per heavy atom. The highest BCUT2D eigenvalue weighted by molar-refractivity contribution is 5.37. The van der Waals surface area contributed by atoms with Gasteiger partial charge in [-0.25, -0.2) is 0 Å². The maximum atomic E-state index is 9.38. The van der Waals surface area contributed by atoms with Crippen LogP contribution in [0.25, 0.3) is 0 Å². The summed E-state index contributed by atoms with van der Waals surface area (Å²) in [6.45, 7) is 2.41. The van der Waals surface area contributed by atoms with Gasteiger partial charge in [0.2, 0.25) is 0 Å². The van der Waals surface area contributed by atoms with Gasteiger partial charge in [0.15, 0.2) is 0 Å². The highest BCUT2D eigenvalue weighted by Crippen LogP contribution is 2.43. The zero-order valence-electron chi connectivity index (χ0n) is 11.7. The van der Waals surface area contributed by atoms with Crippen molar-refractivity contribution in [1.29, 1.82) is 5.26 Å². The number of hydrogen-bond donors (Lipinski definition) is 0. The lowest BCUT2D eigenvalue weighted by atomic mass is 9.65. The molecule has 2 fully saturated rings. The first-order valence-electron chi connectivity index (χ1n) is 7.44. The van der Waals surface area contributed by atoms with Crippen molar-refractivity contribution in [2.24, 2.45) is 0 Å². The average Bonchev–Trinajstić information content (AvgIpc) is 2.40. The lowest BCUT2D eigenvalue weighted by Gasteiger charge is -2.36. The van der Waals surface area contributed by atoms with E-state index in [9.17, 15) is 5.26 Å². The zero-order chi connectivity index (χ0) is 13.3. The van der Waals surface area contributed by atoms with Crippen molar-refractivity contribution in [3.63, 3.8) is 0 Å². The van der Waals surface area contributed by atoms with E-state index in [0.717, 1.165) is 12.8 Å². The van der Waals surface area contributed by atoms with Crippen molar-refractivity contribution in [2.45, 2.75) is 43.4 Å². The summed E-state index contributed by atoms with van der Waals surface area (Å²) in [4.78, 5) is 2.41. The van der Waals surface area contributed by atoms with Gasteiger partial charge in [-0.1, -0.05) is 24.3 Å². The van der Waals surface area contributed by atoms with Crippen molar-refractivity contribution in [3.05, 3.63) is 35.4 Å². The highest BCUT2D eigenvalue weighted by Gasteiger charge is 2.38. The summed E-state index contributed by atoms with van der Waals surface area (Å²) >= 11 is 0. The van der Waals surface area contributed by atoms with Crippen LogP contribution in [0.4, 0.5) is 0 Å². The Kier molecular flexibility index (Phi) is 3.33. The van der Waals surface area contributed by atoms with E-state index < -0.39 is 0 Å². The molecule has 0 unspecified atom stereocenters. The first-order valence-corrected chi connectivity index (χ1v) is 7.44. The van der Waals surface area contributed by atoms with Gasteiger partial charge in [-0.15, -0.1) is 0 Å². The summed E-state index contributed by atoms with van der Waals surface area (Å²) in [7, 11) is 2.20. The number of nitriles is 1. The molecule has 100 valence electrons. The van der Waals surface area contributed by atoms with Crippen LogP contribution < -0.4 is 0 Å². The molecule has 2 aliphatic rings. The number of piperidine rings is 1. The van der Waals surface area contributed by atoms with E-state index in [1.807, 2.05) is 0 Å². The Bertz CT molecular complexity index is 471. The number of hydrogen-bond acceptors (Lipinski definition) is 2. The maximum absolute atomic E-state index is 9.38. The minimum atomic E-state index is -0.161. The minimum absolute atomic E-state index is 0.161. The van der Waals surface area contributed by atoms with Gasteiger partial charge in [0.05, 0.1) is 11.5 Å². The maximum Gasteiger partial charge on any atom is 0.0822 e. The fraction of sp³-hybridized carbons (Fsp3) is 0.588. The van der Waals surface area contributed by atoms with E-state index in [0.29, 0.717) is 5.92 Å². The molecule has 1 saturated heterocycles. The van der Waals surface area contributed by atoms with Gasteiger partial charge in [0.1, 0.15) is 0 Å². The van der Waals surface area contributed by atoms with Gasteiger partial charge in [0.25, 0.3) is 0 Å². The monoisotopic (exact) mass is 254 g/mol. The quantitative estimate of drug-likeness (QED) is 0.808. The summed E-state index contributed by atoms with van der Waals surface area (Å²) in [6, 6.07) is 11.5. The normalized spacial score (nSPS) is 23.6. The van der Waals surface area contributed by atoms with Crippen LogP contribution in [0.1, 0.15) is 49.1 Å². The predicted molar refractivity (Wildman–Crippen MR) is 77.1 cm³/mol. The van der Waals surface area contributed by atoms with Crippen LogP contribution in [-0.2, 0) is 5.41 Å². The summed E-state index contributed by atoms with van der Waals surface area (Å²) in [5, 5.41) is 9.38. The Balaban J connectivity index is 1.74. The molecule has 0 amide bonds. The molecule has 1 saturated carbocycles. The Morgan fingerprint density at radius 2 is 1.79 bits per heavy atom. The van der Waals surface area contributed by atoms with Crippen molar-refractivity contribution >= 4 is 0 Å². The van der Waals surface area contributed by atoms with Crippen molar-refractivity contribution < 1.29 is 0 Å². The Labute approximate surface area is 116 Å². The number of nitrogens with zero attached hydrogens (tertiary/aromatic N) is 2. The smallest absolute Gasteiger partial charge is 0.0822 e. The zero-order valence-corrected chi connectivity index (χ0v) is 11.7. The molecule has 3 rings (SSSR count). The van der Waals surface area contributed by atoms with Gasteiger partial charge >= 0.3 is 0 Å². The molecule has 1 aliphatic heterocycles. The third-order valence-corrected chi connectivity index (χ3v) is 5.07. The van der Waals surface area contributed by atoms with E-state index in [1.165, 1.54) is 43.5 Å². The molecular weight excluding hydrogens is 232 g/mol. The second-order valence-corrected chi connectivity index (χ2v) is 6.25. The highest BCUT2D eigenvalue weighted by atomic mass is 15.1. The van der Waals surface area contributed by atoms with Crippen LogP contribution in [0.15, 0.2) is 24.3 Å². The molecule has 0 bridgehead atoms. The van der Waals surface area contributed by atoms with E-state index in [4.69, 9.17) is 0 Å². The summed E-state index contributed by atoms with van der Waals surface area (Å²) < 4.78 is 0. The molecule has 2 heteroatoms. The largest absolute Gasteiger partial charge is 0.306 e. The second kappa shape index (κ2) is 4.98. The molecule has 2 nitrogen and oxygen atoms in total. The minimum Gasteiger partial charge on any atom is -0.306 e. The molecule has 0 aromatic heterocycles. The Morgan fingerprint density at radius 1 is 1.16 bits per heavy atom. The predicted octanol–water partition coefficient (Wildman–Crippen LogP) is 3.44. The first kappa shape index (κ1) is 12.7. The Hall–Kier alpha value is -1.33. The van der Waals surface area contributed by atoms with Gasteiger partial charge < -0.3 is 4.90 Å². The standard InChI is InChI=1S/C17H22N2/c1-19-11-7-15(8-12-19)14-3-5-16(6-4-14)17(13-18)9-2-10-17/h3-6,15H,2,7-12H2,1H3. The average molecular weight is 254 g/mol. The summed E-state index contributed by atoms with van der Waals surface area (Å²) in [5.74, 6) is 0.713. The molecule has 0 radical (unpaired) electrons. The van der Waals surface area contributed by atoms with E-state index in [2.05, 4.69) is 42.3 Å². The van der Waals surface area contributed by atoms with E-state index in [1.54, 1.807) is 0 Å². The van der Waals surface area contributed by atoms with Crippen molar-refractivity contribution in [3.8, 4) is 6.07 Å². The first-order chi connectivity index (χ1) is 9.23. The molecule has 1 aliphatic carbocycles. The molecule has 0 N–H and O–H groups in total. The summed E-state index contributed by atoms with van der Waals surface area (Å²) in [6.07, 6.45) is 5.80. The topological polar surface area (TPSA) is 27.0 Å². The molecular formula is C17H22N2. The van der Waals surface area contributed by atoms with Gasteiger partial charge in [-0.3, -0.25) is 0 Å². The second-order valence-electron chi connectivity index (χ2n) is 6.25. The van der Waals surface area contributed by atoms with Crippen LogP contribution in [0.5, 0.6) is 0 Å². The third-order valence-electron chi connectivity index (χ3n) is 5.07. The van der Waals surface area contributed by atoms with Crippen molar-refractivity contribution in [1.82, 2.24) is 4.90 Å². The van der Waals surface area contributed by atoms with Crippen LogP contribution >= 0.6 is 0 Å². The number of rotatable bonds is 2. The molecule has 1 heterocycles. The van der Waals surface area contributed by atoms with Crippen LogP contribution in [0.2, 0.25) is 0 Å². The van der Waals surface area contributed by atoms with E-state index >= 15 is 0 Å². The van der Waals surface area contributed by atoms with Crippen LogP contribution in [0, 0.1) is 11.3 Å². The lowest BCUT2D eigenvalue weighted by Crippen LogP contribution is -2.32. The third kappa shape index (κ3) is 2.28. The molecule has 0 spiro atoms. The lowest BCUT2D eigenvalue weighted by molar-refractivity contribution is 0.255. The molecule has 1 aromatic carbocycles. The number of likely N-dealkylation sites (tertiary alicyclic amines) is 1. The fourth-order valence-electron chi connectivity index (χ4n) is 3.41. The van der Waals surface area contributed by atoms with Gasteiger partial charge in [-0.05, 0) is 69.3 Å².